The van der Waals surface area contributed by atoms with Gasteiger partial charge in [-0.2, -0.15) is 0 Å². The smallest absolute Gasteiger partial charge is 0.264 e. The molecule has 33 heavy (non-hydrogen) atoms. The van der Waals surface area contributed by atoms with Gasteiger partial charge < -0.3 is 10.3 Å². The predicted molar refractivity (Wildman–Crippen MR) is 128 cm³/mol. The van der Waals surface area contributed by atoms with Crippen molar-refractivity contribution < 1.29 is 9.59 Å². The maximum atomic E-state index is 13.9. The van der Waals surface area contributed by atoms with Crippen LogP contribution in [-0.4, -0.2) is 21.2 Å². The number of pyridine rings is 1. The third-order valence-corrected chi connectivity index (χ3v) is 6.52. The molecule has 0 spiro atoms. The van der Waals surface area contributed by atoms with Gasteiger partial charge in [-0.3, -0.25) is 19.5 Å². The van der Waals surface area contributed by atoms with Crippen LogP contribution in [0.3, 0.4) is 0 Å². The van der Waals surface area contributed by atoms with Crippen molar-refractivity contribution in [3.63, 3.8) is 0 Å². The molecule has 1 aliphatic heterocycles. The van der Waals surface area contributed by atoms with Gasteiger partial charge in [-0.15, -0.1) is 0 Å². The molecule has 6 nitrogen and oxygen atoms in total. The number of benzene rings is 3. The molecule has 3 aromatic carbocycles. The summed E-state index contributed by atoms with van der Waals surface area (Å²) in [5, 5.41) is 1.91. The summed E-state index contributed by atoms with van der Waals surface area (Å²) < 4.78 is 2.04. The summed E-state index contributed by atoms with van der Waals surface area (Å²) in [5.41, 5.74) is 8.68. The van der Waals surface area contributed by atoms with Gasteiger partial charge >= 0.3 is 0 Å². The molecule has 1 amide bonds. The number of carbonyl (C=O) groups excluding carboxylic acids is 2. The van der Waals surface area contributed by atoms with Crippen LogP contribution >= 0.6 is 0 Å². The standard InChI is InChI=1S/C27H20N4O2/c1-30-22-13-7-5-11-18(22)19-15-21(29-16-24(19)30)25(32)27(28)20-12-6-8-14-23(20)31(26(27)33)17-9-3-2-4-10-17/h2-16H,28H2,1H3. The average Bonchev–Trinajstić information content (AvgIpc) is 3.28. The minimum atomic E-state index is -1.86. The molecule has 1 atom stereocenters. The number of nitrogens with zero attached hydrogens (tertiary/aromatic N) is 3. The third kappa shape index (κ3) is 2.55. The topological polar surface area (TPSA) is 81.2 Å². The number of Topliss-reactive ketones (excluding diaryl/α,β-unsaturated/α-hetero) is 1. The maximum Gasteiger partial charge on any atom is 0.264 e. The van der Waals surface area contributed by atoms with E-state index in [1.165, 1.54) is 4.90 Å². The summed E-state index contributed by atoms with van der Waals surface area (Å²) in [6, 6.07) is 26.1. The van der Waals surface area contributed by atoms with Crippen molar-refractivity contribution in [1.29, 1.82) is 0 Å². The number of aromatic nitrogens is 2. The number of rotatable bonds is 3. The molecule has 0 aliphatic carbocycles. The minimum Gasteiger partial charge on any atom is -0.342 e. The highest BCUT2D eigenvalue weighted by Gasteiger charge is 2.54. The van der Waals surface area contributed by atoms with Crippen molar-refractivity contribution in [1.82, 2.24) is 9.55 Å². The summed E-state index contributed by atoms with van der Waals surface area (Å²) >= 11 is 0. The Balaban J connectivity index is 1.53. The first kappa shape index (κ1) is 19.4. The number of nitrogens with two attached hydrogens (primary N) is 1. The van der Waals surface area contributed by atoms with Gasteiger partial charge in [0.05, 0.1) is 17.4 Å². The Bertz CT molecular complexity index is 1590. The third-order valence-electron chi connectivity index (χ3n) is 6.52. The Hall–Kier alpha value is -4.29. The Labute approximate surface area is 189 Å². The van der Waals surface area contributed by atoms with E-state index in [-0.39, 0.29) is 5.69 Å². The molecule has 1 aliphatic rings. The van der Waals surface area contributed by atoms with E-state index in [4.69, 9.17) is 5.73 Å². The van der Waals surface area contributed by atoms with Gasteiger partial charge in [-0.25, -0.2) is 0 Å². The van der Waals surface area contributed by atoms with Crippen LogP contribution < -0.4 is 10.6 Å². The zero-order chi connectivity index (χ0) is 22.7. The molecule has 6 rings (SSSR count). The highest BCUT2D eigenvalue weighted by molar-refractivity contribution is 6.28. The largest absolute Gasteiger partial charge is 0.342 e. The Morgan fingerprint density at radius 1 is 0.879 bits per heavy atom. The van der Waals surface area contributed by atoms with Crippen LogP contribution in [0.1, 0.15) is 16.1 Å². The summed E-state index contributed by atoms with van der Waals surface area (Å²) in [7, 11) is 1.97. The number of hydrogen-bond acceptors (Lipinski definition) is 4. The Morgan fingerprint density at radius 2 is 1.58 bits per heavy atom. The number of ketones is 1. The van der Waals surface area contributed by atoms with Crippen LogP contribution in [0.15, 0.2) is 91.1 Å². The fourth-order valence-electron chi connectivity index (χ4n) is 4.84. The minimum absolute atomic E-state index is 0.166. The van der Waals surface area contributed by atoms with Gasteiger partial charge in [0.15, 0.2) is 5.54 Å². The lowest BCUT2D eigenvalue weighted by Crippen LogP contribution is -2.52. The summed E-state index contributed by atoms with van der Waals surface area (Å²) in [5.74, 6) is -1.01. The molecule has 3 heterocycles. The lowest BCUT2D eigenvalue weighted by Gasteiger charge is -2.23. The van der Waals surface area contributed by atoms with Crippen molar-refractivity contribution in [3.05, 3.63) is 102 Å². The second-order valence-electron chi connectivity index (χ2n) is 8.29. The van der Waals surface area contributed by atoms with E-state index in [1.807, 2.05) is 78.3 Å². The maximum absolute atomic E-state index is 13.9. The van der Waals surface area contributed by atoms with E-state index in [0.29, 0.717) is 16.9 Å². The number of para-hydroxylation sites is 3. The molecular formula is C27H20N4O2. The molecule has 0 radical (unpaired) electrons. The lowest BCUT2D eigenvalue weighted by atomic mass is 9.86. The average molecular weight is 432 g/mol. The molecule has 1 unspecified atom stereocenters. The highest BCUT2D eigenvalue weighted by Crippen LogP contribution is 2.44. The van der Waals surface area contributed by atoms with E-state index < -0.39 is 17.2 Å². The molecule has 6 heteroatoms. The normalized spacial score (nSPS) is 17.6. The second kappa shape index (κ2) is 6.85. The van der Waals surface area contributed by atoms with Crippen molar-refractivity contribution in [2.24, 2.45) is 12.8 Å². The molecule has 0 bridgehead atoms. The number of aryl methyl sites for hydroxylation is 1. The van der Waals surface area contributed by atoms with Gasteiger partial charge in [0.1, 0.15) is 5.69 Å². The zero-order valence-corrected chi connectivity index (χ0v) is 17.9. The van der Waals surface area contributed by atoms with Crippen LogP contribution in [0, 0.1) is 0 Å². The van der Waals surface area contributed by atoms with Crippen LogP contribution in [0.25, 0.3) is 21.8 Å². The van der Waals surface area contributed by atoms with Crippen LogP contribution in [0.5, 0.6) is 0 Å². The molecule has 160 valence electrons. The predicted octanol–water partition coefficient (Wildman–Crippen LogP) is 4.44. The second-order valence-corrected chi connectivity index (χ2v) is 8.29. The summed E-state index contributed by atoms with van der Waals surface area (Å²) in [6.07, 6.45) is 1.67. The molecule has 0 saturated carbocycles. The van der Waals surface area contributed by atoms with E-state index in [1.54, 1.807) is 24.4 Å². The first-order valence-electron chi connectivity index (χ1n) is 10.7. The Morgan fingerprint density at radius 3 is 2.39 bits per heavy atom. The fraction of sp³-hybridized carbons (Fsp3) is 0.0741. The first-order chi connectivity index (χ1) is 16.0. The molecule has 2 N–H and O–H groups in total. The van der Waals surface area contributed by atoms with Gasteiger partial charge in [0.25, 0.3) is 5.91 Å². The molecular weight excluding hydrogens is 412 g/mol. The molecule has 5 aromatic rings. The van der Waals surface area contributed by atoms with Crippen molar-refractivity contribution >= 4 is 44.9 Å². The zero-order valence-electron chi connectivity index (χ0n) is 17.9. The lowest BCUT2D eigenvalue weighted by molar-refractivity contribution is -0.120. The SMILES string of the molecule is Cn1c2ccccc2c2cc(C(=O)C3(N)C(=O)N(c4ccccc4)c4ccccc43)ncc21. The van der Waals surface area contributed by atoms with Crippen LogP contribution in [0.2, 0.25) is 0 Å². The van der Waals surface area contributed by atoms with Crippen molar-refractivity contribution in [2.75, 3.05) is 4.90 Å². The quantitative estimate of drug-likeness (QED) is 0.338. The van der Waals surface area contributed by atoms with Crippen molar-refractivity contribution in [2.45, 2.75) is 5.54 Å². The van der Waals surface area contributed by atoms with Crippen LogP contribution in [-0.2, 0) is 17.4 Å². The summed E-state index contributed by atoms with van der Waals surface area (Å²) in [4.78, 5) is 33.5. The number of hydrogen-bond donors (Lipinski definition) is 1. The van der Waals surface area contributed by atoms with Crippen LogP contribution in [0.4, 0.5) is 11.4 Å². The molecule has 0 saturated heterocycles. The summed E-state index contributed by atoms with van der Waals surface area (Å²) in [6.45, 7) is 0. The molecule has 0 fully saturated rings. The number of anilines is 2. The van der Waals surface area contributed by atoms with E-state index in [9.17, 15) is 9.59 Å². The first-order valence-corrected chi connectivity index (χ1v) is 10.7. The number of fused-ring (bicyclic) bond motifs is 4. The number of carbonyl (C=O) groups is 2. The monoisotopic (exact) mass is 432 g/mol. The van der Waals surface area contributed by atoms with Gasteiger partial charge in [-0.05, 0) is 30.3 Å². The number of amides is 1. The highest BCUT2D eigenvalue weighted by atomic mass is 16.2. The van der Waals surface area contributed by atoms with Crippen molar-refractivity contribution in [3.8, 4) is 0 Å². The van der Waals surface area contributed by atoms with Gasteiger partial charge in [-0.1, -0.05) is 54.6 Å². The fourth-order valence-corrected chi connectivity index (χ4v) is 4.84. The van der Waals surface area contributed by atoms with E-state index >= 15 is 0 Å². The molecule has 2 aromatic heterocycles. The Kier molecular flexibility index (Phi) is 4.03. The van der Waals surface area contributed by atoms with E-state index in [0.717, 1.165) is 21.8 Å². The van der Waals surface area contributed by atoms with E-state index in [2.05, 4.69) is 4.98 Å². The van der Waals surface area contributed by atoms with Gasteiger partial charge in [0.2, 0.25) is 5.78 Å². The van der Waals surface area contributed by atoms with Gasteiger partial charge in [0, 0.05) is 34.6 Å².